The zero-order chi connectivity index (χ0) is 16.3. The Morgan fingerprint density at radius 3 is 2.77 bits per heavy atom. The first-order valence-corrected chi connectivity index (χ1v) is 7.60. The van der Waals surface area contributed by atoms with Crippen molar-refractivity contribution in [2.45, 2.75) is 46.3 Å². The fraction of sp³-hybridized carbons (Fsp3) is 0.667. The summed E-state index contributed by atoms with van der Waals surface area (Å²) in [6, 6.07) is 0. The molecule has 1 aliphatic rings. The van der Waals surface area contributed by atoms with Gasteiger partial charge < -0.3 is 14.7 Å². The smallest absolute Gasteiger partial charge is 0.306 e. The van der Waals surface area contributed by atoms with Crippen LogP contribution in [0.25, 0.3) is 0 Å². The van der Waals surface area contributed by atoms with Crippen LogP contribution < -0.4 is 0 Å². The van der Waals surface area contributed by atoms with Crippen LogP contribution in [0.1, 0.15) is 41.5 Å². The van der Waals surface area contributed by atoms with Gasteiger partial charge >= 0.3 is 5.97 Å². The van der Waals surface area contributed by atoms with E-state index in [-0.39, 0.29) is 12.3 Å². The van der Waals surface area contributed by atoms with E-state index < -0.39 is 12.1 Å². The van der Waals surface area contributed by atoms with Crippen LogP contribution in [-0.2, 0) is 16.1 Å². The number of aromatic nitrogens is 2. The summed E-state index contributed by atoms with van der Waals surface area (Å²) in [6.45, 7) is 7.74. The first-order chi connectivity index (χ1) is 10.4. The van der Waals surface area contributed by atoms with Gasteiger partial charge in [-0.15, -0.1) is 0 Å². The predicted molar refractivity (Wildman–Crippen MR) is 79.9 cm³/mol. The van der Waals surface area contributed by atoms with E-state index in [0.717, 1.165) is 24.4 Å². The molecule has 0 unspecified atom stereocenters. The van der Waals surface area contributed by atoms with E-state index in [1.165, 1.54) is 0 Å². The van der Waals surface area contributed by atoms with Gasteiger partial charge in [-0.2, -0.15) is 5.10 Å². The van der Waals surface area contributed by atoms with E-state index in [1.54, 1.807) is 4.90 Å². The predicted octanol–water partition coefficient (Wildman–Crippen LogP) is 1.23. The number of aryl methyl sites for hydroxylation is 2. The van der Waals surface area contributed by atoms with Crippen LogP contribution in [-0.4, -0.2) is 57.5 Å². The first kappa shape index (κ1) is 16.5. The molecule has 0 spiro atoms. The minimum absolute atomic E-state index is 0.0865. The maximum absolute atomic E-state index is 12.8. The largest absolute Gasteiger partial charge is 0.481 e. The number of amides is 1. The minimum atomic E-state index is -0.914. The van der Waals surface area contributed by atoms with E-state index in [1.807, 2.05) is 18.5 Å². The lowest BCUT2D eigenvalue weighted by Crippen LogP contribution is -2.46. The van der Waals surface area contributed by atoms with E-state index >= 15 is 0 Å². The van der Waals surface area contributed by atoms with E-state index in [0.29, 0.717) is 25.3 Å². The van der Waals surface area contributed by atoms with Gasteiger partial charge in [0.05, 0.1) is 30.4 Å². The number of carboxylic acids is 1. The van der Waals surface area contributed by atoms with Gasteiger partial charge in [0.25, 0.3) is 5.91 Å². The van der Waals surface area contributed by atoms with Crippen molar-refractivity contribution in [1.29, 1.82) is 0 Å². The SMILES string of the molecule is CCCn1nc(C)c(C(=O)N2CCO[C@H](CC(=O)O)C2)c1C. The zero-order valence-corrected chi connectivity index (χ0v) is 13.3. The van der Waals surface area contributed by atoms with Gasteiger partial charge in [0.2, 0.25) is 0 Å². The number of carboxylic acid groups (broad SMARTS) is 1. The quantitative estimate of drug-likeness (QED) is 0.884. The molecule has 1 amide bonds. The van der Waals surface area contributed by atoms with Crippen LogP contribution in [0, 0.1) is 13.8 Å². The molecule has 7 heteroatoms. The summed E-state index contributed by atoms with van der Waals surface area (Å²) in [6.07, 6.45) is 0.423. The Bertz CT molecular complexity index is 567. The Hall–Kier alpha value is -1.89. The molecule has 1 aromatic heterocycles. The molecule has 2 rings (SSSR count). The zero-order valence-electron chi connectivity index (χ0n) is 13.3. The summed E-state index contributed by atoms with van der Waals surface area (Å²) in [4.78, 5) is 25.2. The highest BCUT2D eigenvalue weighted by molar-refractivity contribution is 5.96. The molecule has 22 heavy (non-hydrogen) atoms. The molecular formula is C15H23N3O4. The number of hydrogen-bond donors (Lipinski definition) is 1. The fourth-order valence-corrected chi connectivity index (χ4v) is 2.82. The molecular weight excluding hydrogens is 286 g/mol. The Kier molecular flexibility index (Phi) is 5.18. The van der Waals surface area contributed by atoms with Crippen LogP contribution in [0.3, 0.4) is 0 Å². The molecule has 0 aromatic carbocycles. The van der Waals surface area contributed by atoms with Crippen molar-refractivity contribution in [3.05, 3.63) is 17.0 Å². The van der Waals surface area contributed by atoms with Crippen molar-refractivity contribution in [2.24, 2.45) is 0 Å². The molecule has 0 aliphatic carbocycles. The third-order valence-electron chi connectivity index (χ3n) is 3.86. The molecule has 1 N–H and O–H groups in total. The average Bonchev–Trinajstić information content (AvgIpc) is 2.73. The number of carbonyl (C=O) groups excluding carboxylic acids is 1. The molecule has 1 aliphatic heterocycles. The highest BCUT2D eigenvalue weighted by Gasteiger charge is 2.29. The van der Waals surface area contributed by atoms with Gasteiger partial charge in [0, 0.05) is 25.3 Å². The van der Waals surface area contributed by atoms with Crippen molar-refractivity contribution in [3.63, 3.8) is 0 Å². The van der Waals surface area contributed by atoms with E-state index in [4.69, 9.17) is 9.84 Å². The highest BCUT2D eigenvalue weighted by Crippen LogP contribution is 2.19. The van der Waals surface area contributed by atoms with Crippen LogP contribution >= 0.6 is 0 Å². The second-order valence-electron chi connectivity index (χ2n) is 5.61. The van der Waals surface area contributed by atoms with Gasteiger partial charge in [-0.3, -0.25) is 14.3 Å². The molecule has 1 aromatic rings. The van der Waals surface area contributed by atoms with E-state index in [9.17, 15) is 9.59 Å². The Balaban J connectivity index is 2.15. The Labute approximate surface area is 129 Å². The third-order valence-corrected chi connectivity index (χ3v) is 3.86. The second kappa shape index (κ2) is 6.91. The topological polar surface area (TPSA) is 84.7 Å². The number of rotatable bonds is 5. The molecule has 0 radical (unpaired) electrons. The summed E-state index contributed by atoms with van der Waals surface area (Å²) >= 11 is 0. The van der Waals surface area contributed by atoms with Gasteiger partial charge in [-0.1, -0.05) is 6.92 Å². The molecule has 0 saturated carbocycles. The maximum Gasteiger partial charge on any atom is 0.306 e. The normalized spacial score (nSPS) is 18.5. The fourth-order valence-electron chi connectivity index (χ4n) is 2.82. The van der Waals surface area contributed by atoms with Crippen LogP contribution in [0.5, 0.6) is 0 Å². The summed E-state index contributed by atoms with van der Waals surface area (Å²) in [5.74, 6) is -1.00. The third kappa shape index (κ3) is 3.47. The lowest BCUT2D eigenvalue weighted by molar-refractivity contribution is -0.141. The molecule has 122 valence electrons. The molecule has 1 atom stereocenters. The molecule has 2 heterocycles. The lowest BCUT2D eigenvalue weighted by atomic mass is 10.1. The standard InChI is InChI=1S/C15H23N3O4/c1-4-5-18-11(3)14(10(2)16-18)15(21)17-6-7-22-12(9-17)8-13(19)20/h12H,4-9H2,1-3H3,(H,19,20)/t12-/m1/s1. The van der Waals surface area contributed by atoms with Crippen LogP contribution in [0.15, 0.2) is 0 Å². The Morgan fingerprint density at radius 2 is 2.14 bits per heavy atom. The van der Waals surface area contributed by atoms with Crippen LogP contribution in [0.4, 0.5) is 0 Å². The molecule has 7 nitrogen and oxygen atoms in total. The minimum Gasteiger partial charge on any atom is -0.481 e. The number of ether oxygens (including phenoxy) is 1. The number of aliphatic carboxylic acids is 1. The number of nitrogens with zero attached hydrogens (tertiary/aromatic N) is 3. The summed E-state index contributed by atoms with van der Waals surface area (Å²) in [5, 5.41) is 13.3. The van der Waals surface area contributed by atoms with Crippen molar-refractivity contribution < 1.29 is 19.4 Å². The summed E-state index contributed by atoms with van der Waals surface area (Å²) < 4.78 is 7.27. The number of hydrogen-bond acceptors (Lipinski definition) is 4. The molecule has 1 fully saturated rings. The summed E-state index contributed by atoms with van der Waals surface area (Å²) in [5.41, 5.74) is 2.22. The molecule has 0 bridgehead atoms. The van der Waals surface area contributed by atoms with E-state index in [2.05, 4.69) is 12.0 Å². The Morgan fingerprint density at radius 1 is 1.41 bits per heavy atom. The summed E-state index contributed by atoms with van der Waals surface area (Å²) in [7, 11) is 0. The number of morpholine rings is 1. The van der Waals surface area contributed by atoms with Crippen molar-refractivity contribution in [1.82, 2.24) is 14.7 Å². The monoisotopic (exact) mass is 309 g/mol. The van der Waals surface area contributed by atoms with Gasteiger partial charge in [-0.25, -0.2) is 0 Å². The first-order valence-electron chi connectivity index (χ1n) is 7.60. The van der Waals surface area contributed by atoms with Crippen molar-refractivity contribution in [3.8, 4) is 0 Å². The van der Waals surface area contributed by atoms with Gasteiger partial charge in [0.1, 0.15) is 0 Å². The lowest BCUT2D eigenvalue weighted by Gasteiger charge is -2.32. The number of carbonyl (C=O) groups is 2. The van der Waals surface area contributed by atoms with Crippen molar-refractivity contribution in [2.75, 3.05) is 19.7 Å². The van der Waals surface area contributed by atoms with Gasteiger partial charge in [0.15, 0.2) is 0 Å². The van der Waals surface area contributed by atoms with Crippen LogP contribution in [0.2, 0.25) is 0 Å². The van der Waals surface area contributed by atoms with Gasteiger partial charge in [-0.05, 0) is 20.3 Å². The second-order valence-corrected chi connectivity index (χ2v) is 5.61. The van der Waals surface area contributed by atoms with Crippen molar-refractivity contribution >= 4 is 11.9 Å². The highest BCUT2D eigenvalue weighted by atomic mass is 16.5. The average molecular weight is 309 g/mol. The molecule has 1 saturated heterocycles. The maximum atomic E-state index is 12.8.